The molecular weight excluding hydrogens is 219 g/mol. The van der Waals surface area contributed by atoms with Crippen molar-refractivity contribution >= 4 is 6.21 Å². The summed E-state index contributed by atoms with van der Waals surface area (Å²) in [4.78, 5) is 0. The summed E-state index contributed by atoms with van der Waals surface area (Å²) in [5.41, 5.74) is 0. The smallest absolute Gasteiger partial charge is 0.147 e. The third kappa shape index (κ3) is 14.7. The van der Waals surface area contributed by atoms with Crippen LogP contribution in [0.3, 0.4) is 0 Å². The lowest BCUT2D eigenvalue weighted by molar-refractivity contribution is -0.871. The van der Waals surface area contributed by atoms with Gasteiger partial charge in [0.05, 0.1) is 34.1 Å². The lowest BCUT2D eigenvalue weighted by Gasteiger charge is -2.22. The summed E-state index contributed by atoms with van der Waals surface area (Å²) in [7, 11) is 8.87. The SMILES string of the molecule is CCC=[N+](C)CCC[N+](C)(C)C.[Cl-].[Cl-]. The first-order valence-electron chi connectivity index (χ1n) is 4.79. The summed E-state index contributed by atoms with van der Waals surface area (Å²) in [5.74, 6) is 0. The maximum atomic E-state index is 2.29. The Kier molecular flexibility index (Phi) is 13.7. The molecule has 0 bridgehead atoms. The van der Waals surface area contributed by atoms with Crippen LogP contribution in [0.15, 0.2) is 0 Å². The van der Waals surface area contributed by atoms with Gasteiger partial charge < -0.3 is 29.3 Å². The maximum Gasteiger partial charge on any atom is 0.147 e. The highest BCUT2D eigenvalue weighted by atomic mass is 35.5. The molecule has 0 aliphatic heterocycles. The van der Waals surface area contributed by atoms with Crippen molar-refractivity contribution in [2.75, 3.05) is 41.3 Å². The van der Waals surface area contributed by atoms with Crippen molar-refractivity contribution in [1.82, 2.24) is 0 Å². The van der Waals surface area contributed by atoms with Crippen molar-refractivity contribution in [1.29, 1.82) is 0 Å². The monoisotopic (exact) mass is 242 g/mol. The molecule has 0 saturated heterocycles. The first-order chi connectivity index (χ1) is 5.45. The second-order valence-electron chi connectivity index (χ2n) is 4.44. The van der Waals surface area contributed by atoms with Crippen LogP contribution in [0.5, 0.6) is 0 Å². The molecule has 0 N–H and O–H groups in total. The Morgan fingerprint density at radius 2 is 1.64 bits per heavy atom. The molecule has 0 aromatic carbocycles. The Bertz CT molecular complexity index is 151. The van der Waals surface area contributed by atoms with Crippen LogP contribution < -0.4 is 24.8 Å². The van der Waals surface area contributed by atoms with Crippen LogP contribution in [0.1, 0.15) is 19.8 Å². The minimum atomic E-state index is 0. The van der Waals surface area contributed by atoms with E-state index in [2.05, 4.69) is 45.9 Å². The van der Waals surface area contributed by atoms with E-state index in [-0.39, 0.29) is 24.8 Å². The Hall–Kier alpha value is 0.210. The topological polar surface area (TPSA) is 3.01 Å². The van der Waals surface area contributed by atoms with Crippen molar-refractivity contribution in [2.24, 2.45) is 0 Å². The van der Waals surface area contributed by atoms with Crippen molar-refractivity contribution < 1.29 is 33.9 Å². The Labute approximate surface area is 101 Å². The Morgan fingerprint density at radius 3 is 2.00 bits per heavy atom. The van der Waals surface area contributed by atoms with E-state index in [1.807, 2.05) is 0 Å². The van der Waals surface area contributed by atoms with Crippen molar-refractivity contribution in [3.63, 3.8) is 0 Å². The summed E-state index contributed by atoms with van der Waals surface area (Å²) in [6.45, 7) is 4.61. The fourth-order valence-electron chi connectivity index (χ4n) is 1.20. The largest absolute Gasteiger partial charge is 1.00 e. The van der Waals surface area contributed by atoms with E-state index < -0.39 is 0 Å². The normalized spacial score (nSPS) is 11.6. The molecule has 4 heteroatoms. The van der Waals surface area contributed by atoms with Gasteiger partial charge >= 0.3 is 0 Å². The van der Waals surface area contributed by atoms with Crippen LogP contribution in [0.4, 0.5) is 0 Å². The maximum absolute atomic E-state index is 2.29. The molecule has 0 amide bonds. The van der Waals surface area contributed by atoms with E-state index in [1.165, 1.54) is 19.5 Å². The van der Waals surface area contributed by atoms with Gasteiger partial charge in [0.2, 0.25) is 0 Å². The lowest BCUT2D eigenvalue weighted by atomic mass is 10.3. The van der Waals surface area contributed by atoms with Crippen molar-refractivity contribution in [2.45, 2.75) is 19.8 Å². The zero-order valence-corrected chi connectivity index (χ0v) is 11.6. The summed E-state index contributed by atoms with van der Waals surface area (Å²) < 4.78 is 3.36. The molecule has 0 rings (SSSR count). The fourth-order valence-corrected chi connectivity index (χ4v) is 1.20. The van der Waals surface area contributed by atoms with Gasteiger partial charge in [0.15, 0.2) is 0 Å². The summed E-state index contributed by atoms with van der Waals surface area (Å²) in [6, 6.07) is 0. The fraction of sp³-hybridized carbons (Fsp3) is 0.900. The summed E-state index contributed by atoms with van der Waals surface area (Å²) in [6.07, 6.45) is 4.66. The van der Waals surface area contributed by atoms with E-state index in [4.69, 9.17) is 0 Å². The number of nitrogens with zero attached hydrogens (tertiary/aromatic N) is 2. The molecule has 14 heavy (non-hydrogen) atoms. The van der Waals surface area contributed by atoms with Crippen LogP contribution in [0, 0.1) is 0 Å². The predicted octanol–water partition coefficient (Wildman–Crippen LogP) is -4.79. The van der Waals surface area contributed by atoms with Crippen molar-refractivity contribution in [3.05, 3.63) is 0 Å². The molecule has 0 aromatic heterocycles. The molecule has 0 aliphatic carbocycles. The molecule has 2 nitrogen and oxygen atoms in total. The van der Waals surface area contributed by atoms with Gasteiger partial charge in [-0.15, -0.1) is 0 Å². The van der Waals surface area contributed by atoms with E-state index in [9.17, 15) is 0 Å². The Balaban J connectivity index is -0.000000605. The summed E-state index contributed by atoms with van der Waals surface area (Å²) >= 11 is 0. The molecule has 0 aliphatic rings. The van der Waals surface area contributed by atoms with E-state index >= 15 is 0 Å². The van der Waals surface area contributed by atoms with Crippen molar-refractivity contribution in [3.8, 4) is 0 Å². The van der Waals surface area contributed by atoms with E-state index in [0.717, 1.165) is 10.9 Å². The second kappa shape index (κ2) is 9.75. The Morgan fingerprint density at radius 1 is 1.14 bits per heavy atom. The van der Waals surface area contributed by atoms with Gasteiger partial charge in [-0.25, -0.2) is 4.58 Å². The number of quaternary nitrogens is 1. The lowest BCUT2D eigenvalue weighted by Crippen LogP contribution is -3.00. The molecular formula is C10H24Cl2N2. The number of hydrogen-bond acceptors (Lipinski definition) is 0. The molecule has 0 heterocycles. The summed E-state index contributed by atoms with van der Waals surface area (Å²) in [5, 5.41) is 0. The molecule has 0 aromatic rings. The minimum Gasteiger partial charge on any atom is -1.00 e. The highest BCUT2D eigenvalue weighted by Gasteiger charge is 2.07. The zero-order valence-electron chi connectivity index (χ0n) is 10.1. The van der Waals surface area contributed by atoms with Gasteiger partial charge in [-0.3, -0.25) is 0 Å². The van der Waals surface area contributed by atoms with Gasteiger partial charge in [0.25, 0.3) is 0 Å². The van der Waals surface area contributed by atoms with Gasteiger partial charge in [0.1, 0.15) is 19.8 Å². The predicted molar refractivity (Wildman–Crippen MR) is 54.9 cm³/mol. The quantitative estimate of drug-likeness (QED) is 0.259. The van der Waals surface area contributed by atoms with E-state index in [1.54, 1.807) is 0 Å². The number of hydrogen-bond donors (Lipinski definition) is 0. The van der Waals surface area contributed by atoms with Crippen LogP contribution in [-0.4, -0.2) is 56.6 Å². The highest BCUT2D eigenvalue weighted by molar-refractivity contribution is 5.50. The van der Waals surface area contributed by atoms with Crippen LogP contribution in [0.25, 0.3) is 0 Å². The average Bonchev–Trinajstić information content (AvgIpc) is 1.84. The van der Waals surface area contributed by atoms with Crippen LogP contribution in [0.2, 0.25) is 0 Å². The average molecular weight is 243 g/mol. The first kappa shape index (κ1) is 19.7. The second-order valence-corrected chi connectivity index (χ2v) is 4.44. The van der Waals surface area contributed by atoms with Gasteiger partial charge in [0, 0.05) is 6.42 Å². The van der Waals surface area contributed by atoms with Gasteiger partial charge in [-0.05, 0) is 0 Å². The zero-order chi connectivity index (χ0) is 9.61. The van der Waals surface area contributed by atoms with Gasteiger partial charge in [-0.2, -0.15) is 0 Å². The molecule has 0 atom stereocenters. The molecule has 0 saturated carbocycles. The molecule has 0 unspecified atom stereocenters. The third-order valence-electron chi connectivity index (χ3n) is 1.83. The third-order valence-corrected chi connectivity index (χ3v) is 1.83. The molecule has 0 spiro atoms. The first-order valence-corrected chi connectivity index (χ1v) is 4.79. The van der Waals surface area contributed by atoms with Gasteiger partial charge in [-0.1, -0.05) is 6.92 Å². The highest BCUT2D eigenvalue weighted by Crippen LogP contribution is 1.92. The molecule has 0 fully saturated rings. The van der Waals surface area contributed by atoms with Crippen LogP contribution >= 0.6 is 0 Å². The molecule has 88 valence electrons. The minimum absolute atomic E-state index is 0. The number of halogens is 2. The van der Waals surface area contributed by atoms with Crippen LogP contribution in [-0.2, 0) is 0 Å². The van der Waals surface area contributed by atoms with E-state index in [0.29, 0.717) is 0 Å². The number of rotatable bonds is 5. The molecule has 0 radical (unpaired) electrons. The standard InChI is InChI=1S/C10H24N2.2ClH/c1-6-8-11(2)9-7-10-12(3,4)5;;/h8H,6-7,9-10H2,1-5H3;2*1H/q+2;;/p-2.